The van der Waals surface area contributed by atoms with Crippen LogP contribution >= 0.6 is 11.6 Å². The summed E-state index contributed by atoms with van der Waals surface area (Å²) >= 11 is 6.01. The van der Waals surface area contributed by atoms with E-state index >= 15 is 0 Å². The minimum absolute atomic E-state index is 0.0972. The number of nitro groups is 1. The van der Waals surface area contributed by atoms with Crippen molar-refractivity contribution in [2.45, 2.75) is 31.7 Å². The molecule has 2 aromatic carbocycles. The van der Waals surface area contributed by atoms with Gasteiger partial charge in [0.05, 0.1) is 4.92 Å². The molecular weight excluding hydrogens is 436 g/mol. The summed E-state index contributed by atoms with van der Waals surface area (Å²) in [5.41, 5.74) is 1.35. The van der Waals surface area contributed by atoms with E-state index in [2.05, 4.69) is 10.3 Å². The molecule has 166 valence electrons. The predicted molar refractivity (Wildman–Crippen MR) is 118 cm³/mol. The van der Waals surface area contributed by atoms with Crippen LogP contribution in [0.15, 0.2) is 46.9 Å². The fraction of sp³-hybridized carbons (Fsp3) is 0.318. The van der Waals surface area contributed by atoms with E-state index in [0.29, 0.717) is 47.9 Å². The van der Waals surface area contributed by atoms with Crippen molar-refractivity contribution in [3.63, 3.8) is 0 Å². The minimum atomic E-state index is -0.759. The number of aromatic nitrogens is 1. The number of nitrogens with zero attached hydrogens (tertiary/aromatic N) is 3. The smallest absolute Gasteiger partial charge is 0.270 e. The zero-order valence-corrected chi connectivity index (χ0v) is 18.0. The average molecular weight is 457 g/mol. The van der Waals surface area contributed by atoms with Crippen LogP contribution in [0.5, 0.6) is 0 Å². The van der Waals surface area contributed by atoms with Crippen LogP contribution in [0.3, 0.4) is 0 Å². The third kappa shape index (κ3) is 4.57. The first-order chi connectivity index (χ1) is 15.3. The summed E-state index contributed by atoms with van der Waals surface area (Å²) in [4.78, 5) is 41.8. The molecule has 1 unspecified atom stereocenters. The van der Waals surface area contributed by atoms with Crippen LogP contribution in [-0.4, -0.2) is 45.8 Å². The zero-order valence-electron chi connectivity index (χ0n) is 17.3. The lowest BCUT2D eigenvalue weighted by atomic mass is 9.96. The number of amides is 2. The van der Waals surface area contributed by atoms with Crippen LogP contribution in [0.2, 0.25) is 5.02 Å². The molecule has 1 aliphatic rings. The second-order valence-electron chi connectivity index (χ2n) is 7.77. The summed E-state index contributed by atoms with van der Waals surface area (Å²) < 4.78 is 5.86. The molecule has 1 aliphatic heterocycles. The molecule has 9 nitrogen and oxygen atoms in total. The van der Waals surface area contributed by atoms with Crippen molar-refractivity contribution in [2.75, 3.05) is 13.1 Å². The van der Waals surface area contributed by atoms with Crippen molar-refractivity contribution < 1.29 is 18.9 Å². The standard InChI is InChI=1S/C22H21ClN4O5/c1-13(24-20(28)15-3-2-4-17(11-15)27(30)31)22(29)26-9-7-14(8-10-26)21-25-18-12-16(23)5-6-19(18)32-21/h2-6,11-14H,7-10H2,1H3,(H,24,28). The molecule has 1 N–H and O–H groups in total. The van der Waals surface area contributed by atoms with Gasteiger partial charge in [-0.2, -0.15) is 0 Å². The Morgan fingerprint density at radius 2 is 2.00 bits per heavy atom. The molecule has 2 heterocycles. The molecule has 4 rings (SSSR count). The molecule has 2 amide bonds. The number of carbonyl (C=O) groups is 2. The molecule has 1 saturated heterocycles. The highest BCUT2D eigenvalue weighted by molar-refractivity contribution is 6.31. The monoisotopic (exact) mass is 456 g/mol. The van der Waals surface area contributed by atoms with Crippen molar-refractivity contribution >= 4 is 40.2 Å². The van der Waals surface area contributed by atoms with E-state index in [1.54, 1.807) is 30.0 Å². The fourth-order valence-corrected chi connectivity index (χ4v) is 3.98. The number of benzene rings is 2. The molecule has 0 saturated carbocycles. The fourth-order valence-electron chi connectivity index (χ4n) is 3.82. The Morgan fingerprint density at radius 1 is 1.25 bits per heavy atom. The number of nitro benzene ring substituents is 1. The SMILES string of the molecule is CC(NC(=O)c1cccc([N+](=O)[O-])c1)C(=O)N1CCC(c2nc3cc(Cl)ccc3o2)CC1. The molecule has 1 aromatic heterocycles. The number of likely N-dealkylation sites (tertiary alicyclic amines) is 1. The Labute approximate surface area is 188 Å². The number of non-ortho nitro benzene ring substituents is 1. The van der Waals surface area contributed by atoms with Crippen LogP contribution in [0.25, 0.3) is 11.1 Å². The molecule has 0 spiro atoms. The van der Waals surface area contributed by atoms with E-state index in [0.717, 1.165) is 0 Å². The molecule has 1 atom stereocenters. The number of carbonyl (C=O) groups excluding carboxylic acids is 2. The van der Waals surface area contributed by atoms with E-state index in [1.165, 1.54) is 24.3 Å². The normalized spacial score (nSPS) is 15.5. The van der Waals surface area contributed by atoms with E-state index < -0.39 is 16.9 Å². The summed E-state index contributed by atoms with van der Waals surface area (Å²) in [5.74, 6) is 0.00234. The first-order valence-electron chi connectivity index (χ1n) is 10.2. The highest BCUT2D eigenvalue weighted by Crippen LogP contribution is 2.31. The quantitative estimate of drug-likeness (QED) is 0.459. The average Bonchev–Trinajstić information content (AvgIpc) is 3.22. The lowest BCUT2D eigenvalue weighted by molar-refractivity contribution is -0.384. The lowest BCUT2D eigenvalue weighted by Gasteiger charge is -2.32. The zero-order chi connectivity index (χ0) is 22.8. The second kappa shape index (κ2) is 8.96. The number of hydrogen-bond donors (Lipinski definition) is 1. The van der Waals surface area contributed by atoms with Crippen LogP contribution in [-0.2, 0) is 4.79 Å². The van der Waals surface area contributed by atoms with Gasteiger partial charge in [0.1, 0.15) is 11.6 Å². The number of hydrogen-bond acceptors (Lipinski definition) is 6. The molecule has 10 heteroatoms. The number of halogens is 1. The Hall–Kier alpha value is -3.46. The second-order valence-corrected chi connectivity index (χ2v) is 8.20. The Morgan fingerprint density at radius 3 is 2.72 bits per heavy atom. The van der Waals surface area contributed by atoms with Gasteiger partial charge in [0.2, 0.25) is 5.91 Å². The van der Waals surface area contributed by atoms with E-state index in [1.807, 2.05) is 0 Å². The minimum Gasteiger partial charge on any atom is -0.440 e. The van der Waals surface area contributed by atoms with Gasteiger partial charge in [0.15, 0.2) is 11.5 Å². The van der Waals surface area contributed by atoms with Crippen molar-refractivity contribution in [3.8, 4) is 0 Å². The van der Waals surface area contributed by atoms with E-state index in [-0.39, 0.29) is 23.1 Å². The van der Waals surface area contributed by atoms with Gasteiger partial charge in [-0.1, -0.05) is 17.7 Å². The molecule has 1 fully saturated rings. The Balaban J connectivity index is 1.34. The third-order valence-corrected chi connectivity index (χ3v) is 5.79. The Kier molecular flexibility index (Phi) is 6.09. The van der Waals surface area contributed by atoms with Crippen molar-refractivity contribution in [1.29, 1.82) is 0 Å². The van der Waals surface area contributed by atoms with E-state index in [9.17, 15) is 19.7 Å². The molecule has 0 aliphatic carbocycles. The van der Waals surface area contributed by atoms with Gasteiger partial charge < -0.3 is 14.6 Å². The lowest BCUT2D eigenvalue weighted by Crippen LogP contribution is -2.49. The maximum atomic E-state index is 12.8. The van der Waals surface area contributed by atoms with Gasteiger partial charge in [-0.25, -0.2) is 4.98 Å². The topological polar surface area (TPSA) is 119 Å². The van der Waals surface area contributed by atoms with Crippen molar-refractivity contribution in [1.82, 2.24) is 15.2 Å². The largest absolute Gasteiger partial charge is 0.440 e. The molecule has 3 aromatic rings. The highest BCUT2D eigenvalue weighted by atomic mass is 35.5. The number of nitrogens with one attached hydrogen (secondary N) is 1. The Bertz CT molecular complexity index is 1190. The number of oxazole rings is 1. The molecular formula is C22H21ClN4O5. The summed E-state index contributed by atoms with van der Waals surface area (Å²) in [5, 5.41) is 14.1. The number of rotatable bonds is 5. The highest BCUT2D eigenvalue weighted by Gasteiger charge is 2.30. The van der Waals surface area contributed by atoms with Crippen LogP contribution in [0.1, 0.15) is 41.9 Å². The maximum absolute atomic E-state index is 12.8. The van der Waals surface area contributed by atoms with Gasteiger partial charge in [-0.05, 0) is 44.0 Å². The van der Waals surface area contributed by atoms with Crippen molar-refractivity contribution in [2.24, 2.45) is 0 Å². The first-order valence-corrected chi connectivity index (χ1v) is 10.6. The summed E-state index contributed by atoms with van der Waals surface area (Å²) in [6, 6.07) is 9.94. The van der Waals surface area contributed by atoms with Gasteiger partial charge >= 0.3 is 0 Å². The summed E-state index contributed by atoms with van der Waals surface area (Å²) in [7, 11) is 0. The van der Waals surface area contributed by atoms with Crippen LogP contribution in [0.4, 0.5) is 5.69 Å². The van der Waals surface area contributed by atoms with Gasteiger partial charge in [0.25, 0.3) is 11.6 Å². The summed E-state index contributed by atoms with van der Waals surface area (Å²) in [6.45, 7) is 2.63. The number of piperidine rings is 1. The van der Waals surface area contributed by atoms with Gasteiger partial charge in [0, 0.05) is 41.7 Å². The van der Waals surface area contributed by atoms with Gasteiger partial charge in [-0.15, -0.1) is 0 Å². The van der Waals surface area contributed by atoms with E-state index in [4.69, 9.17) is 16.0 Å². The van der Waals surface area contributed by atoms with Crippen LogP contribution < -0.4 is 5.32 Å². The number of fused-ring (bicyclic) bond motifs is 1. The predicted octanol–water partition coefficient (Wildman–Crippen LogP) is 3.91. The summed E-state index contributed by atoms with van der Waals surface area (Å²) in [6.07, 6.45) is 1.38. The third-order valence-electron chi connectivity index (χ3n) is 5.56. The maximum Gasteiger partial charge on any atom is 0.270 e. The van der Waals surface area contributed by atoms with Crippen LogP contribution in [0, 0.1) is 10.1 Å². The van der Waals surface area contributed by atoms with Gasteiger partial charge in [-0.3, -0.25) is 19.7 Å². The molecule has 0 bridgehead atoms. The molecule has 32 heavy (non-hydrogen) atoms. The van der Waals surface area contributed by atoms with Crippen molar-refractivity contribution in [3.05, 3.63) is 69.1 Å². The first kappa shape index (κ1) is 21.8. The molecule has 0 radical (unpaired) electrons.